The lowest BCUT2D eigenvalue weighted by Crippen LogP contribution is -2.21. The zero-order chi connectivity index (χ0) is 11.2. The van der Waals surface area contributed by atoms with Gasteiger partial charge < -0.3 is 5.32 Å². The molecule has 0 bridgehead atoms. The number of hydrogen-bond donors (Lipinski definition) is 1. The maximum Gasteiger partial charge on any atom is 0.145 e. The van der Waals surface area contributed by atoms with Crippen LogP contribution in [-0.2, 0) is 6.42 Å². The van der Waals surface area contributed by atoms with Crippen molar-refractivity contribution in [1.82, 2.24) is 20.3 Å². The number of rotatable bonds is 4. The van der Waals surface area contributed by atoms with Crippen molar-refractivity contribution in [3.8, 4) is 0 Å². The van der Waals surface area contributed by atoms with E-state index in [9.17, 15) is 0 Å². The molecule has 2 aromatic heterocycles. The first-order valence-electron chi connectivity index (χ1n) is 5.23. The topological polar surface area (TPSA) is 50.7 Å². The van der Waals surface area contributed by atoms with E-state index in [1.54, 1.807) is 18.6 Å². The molecule has 0 saturated heterocycles. The van der Waals surface area contributed by atoms with Crippen LogP contribution in [0.1, 0.15) is 17.4 Å². The van der Waals surface area contributed by atoms with Crippen molar-refractivity contribution in [3.63, 3.8) is 0 Å². The van der Waals surface area contributed by atoms with Crippen LogP contribution in [0.25, 0.3) is 0 Å². The second-order valence-corrected chi connectivity index (χ2v) is 3.51. The molecule has 0 radical (unpaired) electrons. The third-order valence-electron chi connectivity index (χ3n) is 2.41. The molecule has 0 aromatic carbocycles. The summed E-state index contributed by atoms with van der Waals surface area (Å²) in [6, 6.07) is 5.94. The van der Waals surface area contributed by atoms with Gasteiger partial charge in [0.2, 0.25) is 0 Å². The zero-order valence-electron chi connectivity index (χ0n) is 9.17. The summed E-state index contributed by atoms with van der Waals surface area (Å²) in [7, 11) is 1.91. The maximum atomic E-state index is 4.25. The Labute approximate surface area is 94.8 Å². The van der Waals surface area contributed by atoms with E-state index in [1.807, 2.05) is 25.4 Å². The molecule has 1 N–H and O–H groups in total. The Morgan fingerprint density at radius 2 is 2.00 bits per heavy atom. The maximum absolute atomic E-state index is 4.25. The summed E-state index contributed by atoms with van der Waals surface area (Å²) in [6.07, 6.45) is 8.00. The molecule has 0 fully saturated rings. The minimum atomic E-state index is 0.130. The first-order chi connectivity index (χ1) is 7.90. The van der Waals surface area contributed by atoms with Gasteiger partial charge in [-0.15, -0.1) is 0 Å². The van der Waals surface area contributed by atoms with Crippen LogP contribution in [-0.4, -0.2) is 22.0 Å². The van der Waals surface area contributed by atoms with Gasteiger partial charge in [0.1, 0.15) is 5.82 Å². The van der Waals surface area contributed by atoms with Gasteiger partial charge in [-0.25, -0.2) is 9.97 Å². The van der Waals surface area contributed by atoms with Crippen LogP contribution in [0.3, 0.4) is 0 Å². The number of nitrogens with zero attached hydrogens (tertiary/aromatic N) is 3. The SMILES string of the molecule is CNC(Cc1cccnc1)c1ncccn1. The van der Waals surface area contributed by atoms with Crippen molar-refractivity contribution >= 4 is 0 Å². The molecule has 0 aliphatic heterocycles. The first-order valence-corrected chi connectivity index (χ1v) is 5.23. The van der Waals surface area contributed by atoms with Gasteiger partial charge in [0.15, 0.2) is 0 Å². The quantitative estimate of drug-likeness (QED) is 0.835. The van der Waals surface area contributed by atoms with Crippen LogP contribution < -0.4 is 5.32 Å². The van der Waals surface area contributed by atoms with E-state index in [-0.39, 0.29) is 6.04 Å². The minimum Gasteiger partial charge on any atom is -0.310 e. The second-order valence-electron chi connectivity index (χ2n) is 3.51. The van der Waals surface area contributed by atoms with Crippen molar-refractivity contribution in [3.05, 3.63) is 54.4 Å². The van der Waals surface area contributed by atoms with Gasteiger partial charge in [-0.2, -0.15) is 0 Å². The summed E-state index contributed by atoms with van der Waals surface area (Å²) in [4.78, 5) is 12.6. The lowest BCUT2D eigenvalue weighted by atomic mass is 10.1. The van der Waals surface area contributed by atoms with Gasteiger partial charge in [-0.3, -0.25) is 4.98 Å². The third-order valence-corrected chi connectivity index (χ3v) is 2.41. The molecule has 1 atom stereocenters. The Kier molecular flexibility index (Phi) is 3.56. The highest BCUT2D eigenvalue weighted by Crippen LogP contribution is 2.12. The molecule has 0 aliphatic rings. The zero-order valence-corrected chi connectivity index (χ0v) is 9.17. The number of aromatic nitrogens is 3. The van der Waals surface area contributed by atoms with Gasteiger partial charge in [-0.1, -0.05) is 6.07 Å². The van der Waals surface area contributed by atoms with E-state index in [0.29, 0.717) is 0 Å². The van der Waals surface area contributed by atoms with E-state index in [2.05, 4.69) is 26.3 Å². The molecule has 2 aromatic rings. The van der Waals surface area contributed by atoms with Crippen molar-refractivity contribution in [2.75, 3.05) is 7.05 Å². The summed E-state index contributed by atoms with van der Waals surface area (Å²) in [5.41, 5.74) is 1.18. The van der Waals surface area contributed by atoms with E-state index >= 15 is 0 Å². The highest BCUT2D eigenvalue weighted by molar-refractivity contribution is 5.12. The molecule has 16 heavy (non-hydrogen) atoms. The van der Waals surface area contributed by atoms with Crippen molar-refractivity contribution < 1.29 is 0 Å². The minimum absolute atomic E-state index is 0.130. The van der Waals surface area contributed by atoms with E-state index in [4.69, 9.17) is 0 Å². The fourth-order valence-corrected chi connectivity index (χ4v) is 1.57. The summed E-state index contributed by atoms with van der Waals surface area (Å²) in [6.45, 7) is 0. The van der Waals surface area contributed by atoms with Gasteiger partial charge in [0, 0.05) is 24.8 Å². The largest absolute Gasteiger partial charge is 0.310 e. The molecule has 82 valence electrons. The van der Waals surface area contributed by atoms with Crippen LogP contribution in [0, 0.1) is 0 Å². The van der Waals surface area contributed by atoms with Crippen molar-refractivity contribution in [1.29, 1.82) is 0 Å². The molecule has 0 saturated carbocycles. The summed E-state index contributed by atoms with van der Waals surface area (Å²) >= 11 is 0. The predicted octanol–water partition coefficient (Wildman–Crippen LogP) is 1.37. The van der Waals surface area contributed by atoms with E-state index < -0.39 is 0 Å². The molecule has 0 amide bonds. The second kappa shape index (κ2) is 5.32. The molecule has 0 aliphatic carbocycles. The van der Waals surface area contributed by atoms with Gasteiger partial charge in [-0.05, 0) is 31.2 Å². The number of likely N-dealkylation sites (N-methyl/N-ethyl adjacent to an activating group) is 1. The average Bonchev–Trinajstić information content (AvgIpc) is 2.38. The number of hydrogen-bond acceptors (Lipinski definition) is 4. The average molecular weight is 214 g/mol. The molecule has 2 rings (SSSR count). The lowest BCUT2D eigenvalue weighted by molar-refractivity contribution is 0.556. The Bertz CT molecular complexity index is 416. The van der Waals surface area contributed by atoms with Gasteiger partial charge >= 0.3 is 0 Å². The fraction of sp³-hybridized carbons (Fsp3) is 0.250. The predicted molar refractivity (Wildman–Crippen MR) is 61.8 cm³/mol. The van der Waals surface area contributed by atoms with Crippen LogP contribution in [0.4, 0.5) is 0 Å². The monoisotopic (exact) mass is 214 g/mol. The highest BCUT2D eigenvalue weighted by Gasteiger charge is 2.12. The van der Waals surface area contributed by atoms with Crippen LogP contribution in [0.5, 0.6) is 0 Å². The Morgan fingerprint density at radius 3 is 2.62 bits per heavy atom. The normalized spacial score (nSPS) is 12.3. The molecule has 4 nitrogen and oxygen atoms in total. The smallest absolute Gasteiger partial charge is 0.145 e. The van der Waals surface area contributed by atoms with Crippen LogP contribution in [0.2, 0.25) is 0 Å². The van der Waals surface area contributed by atoms with E-state index in [0.717, 1.165) is 12.2 Å². The van der Waals surface area contributed by atoms with Crippen LogP contribution in [0.15, 0.2) is 43.0 Å². The Morgan fingerprint density at radius 1 is 1.19 bits per heavy atom. The fourth-order valence-electron chi connectivity index (χ4n) is 1.57. The van der Waals surface area contributed by atoms with Gasteiger partial charge in [0.05, 0.1) is 6.04 Å². The summed E-state index contributed by atoms with van der Waals surface area (Å²) in [5, 5.41) is 3.21. The van der Waals surface area contributed by atoms with Crippen LogP contribution >= 0.6 is 0 Å². The standard InChI is InChI=1S/C12H14N4/c1-13-11(12-15-6-3-7-16-12)8-10-4-2-5-14-9-10/h2-7,9,11,13H,8H2,1H3. The molecule has 4 heteroatoms. The van der Waals surface area contributed by atoms with Gasteiger partial charge in [0.25, 0.3) is 0 Å². The number of nitrogens with one attached hydrogen (secondary N) is 1. The van der Waals surface area contributed by atoms with E-state index in [1.165, 1.54) is 5.56 Å². The lowest BCUT2D eigenvalue weighted by Gasteiger charge is -2.13. The highest BCUT2D eigenvalue weighted by atomic mass is 15.0. The number of pyridine rings is 1. The van der Waals surface area contributed by atoms with Crippen molar-refractivity contribution in [2.45, 2.75) is 12.5 Å². The Balaban J connectivity index is 2.13. The molecule has 2 heterocycles. The summed E-state index contributed by atoms with van der Waals surface area (Å²) in [5.74, 6) is 0.814. The van der Waals surface area contributed by atoms with Crippen molar-refractivity contribution in [2.24, 2.45) is 0 Å². The molecule has 1 unspecified atom stereocenters. The molecule has 0 spiro atoms. The molecular weight excluding hydrogens is 200 g/mol. The first kappa shape index (κ1) is 10.7. The molecular formula is C12H14N4. The Hall–Kier alpha value is -1.81. The third kappa shape index (κ3) is 2.61. The summed E-state index contributed by atoms with van der Waals surface area (Å²) < 4.78 is 0.